The van der Waals surface area contributed by atoms with Gasteiger partial charge in [-0.25, -0.2) is 4.98 Å². The highest BCUT2D eigenvalue weighted by molar-refractivity contribution is 7.14. The molecule has 0 bridgehead atoms. The Morgan fingerprint density at radius 1 is 1.05 bits per heavy atom. The zero-order valence-electron chi connectivity index (χ0n) is 11.4. The molecule has 3 heteroatoms. The Labute approximate surface area is 122 Å². The van der Waals surface area contributed by atoms with Crippen LogP contribution in [0.3, 0.4) is 0 Å². The maximum Gasteiger partial charge on any atom is 0.174 e. The zero-order chi connectivity index (χ0) is 13.6. The van der Waals surface area contributed by atoms with Crippen molar-refractivity contribution in [1.29, 1.82) is 0 Å². The smallest absolute Gasteiger partial charge is 0.174 e. The Hall–Kier alpha value is -1.48. The second-order valence-corrected chi connectivity index (χ2v) is 6.87. The average molecular weight is 283 g/mol. The number of carbonyl (C=O) groups excluding carboxylic acids is 1. The van der Waals surface area contributed by atoms with E-state index in [2.05, 4.69) is 30.3 Å². The van der Waals surface area contributed by atoms with E-state index in [0.717, 1.165) is 36.3 Å². The van der Waals surface area contributed by atoms with Crippen LogP contribution in [0.2, 0.25) is 0 Å². The number of Topliss-reactive ketones (excluding diaryl/α,β-unsaturated/α-hetero) is 1. The van der Waals surface area contributed by atoms with Crippen LogP contribution in [-0.4, -0.2) is 10.8 Å². The van der Waals surface area contributed by atoms with Crippen LogP contribution in [-0.2, 0) is 11.8 Å². The third kappa shape index (κ3) is 1.69. The normalized spacial score (nSPS) is 20.3. The molecule has 1 fully saturated rings. The summed E-state index contributed by atoms with van der Waals surface area (Å²) in [6, 6.07) is 10.7. The van der Waals surface area contributed by atoms with Gasteiger partial charge < -0.3 is 0 Å². The van der Waals surface area contributed by atoms with Crippen LogP contribution in [0, 0.1) is 0 Å². The topological polar surface area (TPSA) is 30.0 Å². The minimum Gasteiger partial charge on any atom is -0.293 e. The standard InChI is InChI=1S/C17H17NOS/c19-14-9-4-8-13-15(14)20-16(18-13)17(10-5-11-17)12-6-2-1-3-7-12/h1-3,6-7H,4-5,8-11H2. The van der Waals surface area contributed by atoms with Crippen molar-refractivity contribution in [2.24, 2.45) is 0 Å². The Morgan fingerprint density at radius 3 is 2.50 bits per heavy atom. The largest absolute Gasteiger partial charge is 0.293 e. The van der Waals surface area contributed by atoms with E-state index in [4.69, 9.17) is 4.98 Å². The highest BCUT2D eigenvalue weighted by Gasteiger charge is 2.43. The monoisotopic (exact) mass is 283 g/mol. The molecule has 4 rings (SSSR count). The molecule has 1 saturated carbocycles. The first kappa shape index (κ1) is 12.3. The zero-order valence-corrected chi connectivity index (χ0v) is 12.2. The molecular weight excluding hydrogens is 266 g/mol. The fourth-order valence-corrected chi connectivity index (χ4v) is 4.74. The number of rotatable bonds is 2. The van der Waals surface area contributed by atoms with Crippen LogP contribution in [0.25, 0.3) is 0 Å². The number of nitrogens with zero attached hydrogens (tertiary/aromatic N) is 1. The molecule has 0 spiro atoms. The predicted molar refractivity (Wildman–Crippen MR) is 80.5 cm³/mol. The number of hydrogen-bond acceptors (Lipinski definition) is 3. The van der Waals surface area contributed by atoms with E-state index in [1.54, 1.807) is 11.3 Å². The maximum absolute atomic E-state index is 12.0. The number of fused-ring (bicyclic) bond motifs is 1. The van der Waals surface area contributed by atoms with E-state index in [0.29, 0.717) is 12.2 Å². The molecule has 0 radical (unpaired) electrons. The Kier molecular flexibility index (Phi) is 2.77. The first-order chi connectivity index (χ1) is 9.79. The van der Waals surface area contributed by atoms with Gasteiger partial charge in [-0.15, -0.1) is 11.3 Å². The summed E-state index contributed by atoms with van der Waals surface area (Å²) in [6.07, 6.45) is 6.23. The molecule has 0 amide bonds. The summed E-state index contributed by atoms with van der Waals surface area (Å²) in [5.74, 6) is 0.303. The van der Waals surface area contributed by atoms with E-state index in [9.17, 15) is 4.79 Å². The molecule has 20 heavy (non-hydrogen) atoms. The van der Waals surface area contributed by atoms with Crippen LogP contribution >= 0.6 is 11.3 Å². The Morgan fingerprint density at radius 2 is 1.85 bits per heavy atom. The number of hydrogen-bond donors (Lipinski definition) is 0. The van der Waals surface area contributed by atoms with Crippen LogP contribution in [0.5, 0.6) is 0 Å². The predicted octanol–water partition coefficient (Wildman–Crippen LogP) is 4.13. The lowest BCUT2D eigenvalue weighted by Crippen LogP contribution is -2.35. The first-order valence-electron chi connectivity index (χ1n) is 7.38. The molecule has 2 aliphatic rings. The summed E-state index contributed by atoms with van der Waals surface area (Å²) < 4.78 is 0. The lowest BCUT2D eigenvalue weighted by molar-refractivity contribution is 0.0976. The fourth-order valence-electron chi connectivity index (χ4n) is 3.39. The van der Waals surface area contributed by atoms with Gasteiger partial charge in [0.25, 0.3) is 0 Å². The summed E-state index contributed by atoms with van der Waals surface area (Å²) in [5, 5.41) is 1.18. The summed E-state index contributed by atoms with van der Waals surface area (Å²) in [5.41, 5.74) is 2.51. The van der Waals surface area contributed by atoms with Gasteiger partial charge in [-0.1, -0.05) is 36.8 Å². The second kappa shape index (κ2) is 4.52. The van der Waals surface area contributed by atoms with Gasteiger partial charge in [0.1, 0.15) is 5.01 Å². The van der Waals surface area contributed by atoms with E-state index in [-0.39, 0.29) is 5.41 Å². The fraction of sp³-hybridized carbons (Fsp3) is 0.412. The summed E-state index contributed by atoms with van der Waals surface area (Å²) >= 11 is 1.66. The Bertz CT molecular complexity index is 655. The van der Waals surface area contributed by atoms with E-state index in [1.807, 2.05) is 0 Å². The van der Waals surface area contributed by atoms with Crippen molar-refractivity contribution in [1.82, 2.24) is 4.98 Å². The van der Waals surface area contributed by atoms with Crippen molar-refractivity contribution in [3.8, 4) is 0 Å². The molecule has 1 aromatic carbocycles. The molecular formula is C17H17NOS. The first-order valence-corrected chi connectivity index (χ1v) is 8.20. The summed E-state index contributed by atoms with van der Waals surface area (Å²) in [6.45, 7) is 0. The van der Waals surface area contributed by atoms with Gasteiger partial charge in [-0.2, -0.15) is 0 Å². The quantitative estimate of drug-likeness (QED) is 0.829. The second-order valence-electron chi connectivity index (χ2n) is 5.87. The van der Waals surface area contributed by atoms with Crippen molar-refractivity contribution in [2.45, 2.75) is 43.9 Å². The third-order valence-electron chi connectivity index (χ3n) is 4.71. The number of aryl methyl sites for hydroxylation is 1. The molecule has 0 N–H and O–H groups in total. The van der Waals surface area contributed by atoms with Gasteiger partial charge >= 0.3 is 0 Å². The molecule has 0 saturated heterocycles. The van der Waals surface area contributed by atoms with Crippen molar-refractivity contribution in [3.63, 3.8) is 0 Å². The number of benzene rings is 1. The third-order valence-corrected chi connectivity index (χ3v) is 6.05. The molecule has 2 aromatic rings. The van der Waals surface area contributed by atoms with E-state index < -0.39 is 0 Å². The highest BCUT2D eigenvalue weighted by atomic mass is 32.1. The minimum absolute atomic E-state index is 0.0869. The van der Waals surface area contributed by atoms with Crippen molar-refractivity contribution in [3.05, 3.63) is 51.5 Å². The lowest BCUT2D eigenvalue weighted by Gasteiger charge is -2.40. The van der Waals surface area contributed by atoms with Gasteiger partial charge in [-0.3, -0.25) is 4.79 Å². The van der Waals surface area contributed by atoms with Gasteiger partial charge in [0.05, 0.1) is 10.6 Å². The van der Waals surface area contributed by atoms with Gasteiger partial charge in [0, 0.05) is 11.8 Å². The molecule has 2 aliphatic carbocycles. The molecule has 0 aliphatic heterocycles. The van der Waals surface area contributed by atoms with Gasteiger partial charge in [0.2, 0.25) is 0 Å². The highest BCUT2D eigenvalue weighted by Crippen LogP contribution is 2.50. The molecule has 2 nitrogen and oxygen atoms in total. The van der Waals surface area contributed by atoms with Crippen molar-refractivity contribution >= 4 is 17.1 Å². The van der Waals surface area contributed by atoms with Gasteiger partial charge in [0.15, 0.2) is 5.78 Å². The van der Waals surface area contributed by atoms with Crippen LogP contribution in [0.1, 0.15) is 58.0 Å². The summed E-state index contributed by atoms with van der Waals surface area (Å²) in [7, 11) is 0. The number of carbonyl (C=O) groups is 1. The maximum atomic E-state index is 12.0. The van der Waals surface area contributed by atoms with E-state index in [1.165, 1.54) is 17.0 Å². The van der Waals surface area contributed by atoms with E-state index >= 15 is 0 Å². The molecule has 1 aromatic heterocycles. The van der Waals surface area contributed by atoms with Crippen molar-refractivity contribution < 1.29 is 4.79 Å². The van der Waals surface area contributed by atoms with Crippen LogP contribution < -0.4 is 0 Å². The summed E-state index contributed by atoms with van der Waals surface area (Å²) in [4.78, 5) is 17.8. The Balaban J connectivity index is 1.81. The molecule has 0 unspecified atom stereocenters. The van der Waals surface area contributed by atoms with Crippen molar-refractivity contribution in [2.75, 3.05) is 0 Å². The average Bonchev–Trinajstić information content (AvgIpc) is 2.84. The molecule has 102 valence electrons. The number of ketones is 1. The van der Waals surface area contributed by atoms with Crippen LogP contribution in [0.4, 0.5) is 0 Å². The molecule has 0 atom stereocenters. The number of aromatic nitrogens is 1. The van der Waals surface area contributed by atoms with Gasteiger partial charge in [-0.05, 0) is 31.2 Å². The lowest BCUT2D eigenvalue weighted by atomic mass is 9.65. The minimum atomic E-state index is 0.0869. The molecule has 1 heterocycles. The SMILES string of the molecule is O=C1CCCc2nc(C3(c4ccccc4)CCC3)sc21. The van der Waals surface area contributed by atoms with Crippen LogP contribution in [0.15, 0.2) is 30.3 Å². The number of thiazole rings is 1.